The summed E-state index contributed by atoms with van der Waals surface area (Å²) in [5.41, 5.74) is -0.747. The molecule has 0 bridgehead atoms. The highest BCUT2D eigenvalue weighted by molar-refractivity contribution is 5.91. The molecule has 1 atom stereocenters. The molecule has 2 aliphatic carbocycles. The molecule has 2 saturated carbocycles. The molecule has 0 spiro atoms. The second kappa shape index (κ2) is 6.77. The van der Waals surface area contributed by atoms with Gasteiger partial charge in [0.25, 0.3) is 0 Å². The average Bonchev–Trinajstić information content (AvgIpc) is 3.14. The van der Waals surface area contributed by atoms with Crippen LogP contribution in [0.5, 0.6) is 0 Å². The SMILES string of the molecule is CC(C)C(O)CC(=O)NC1(C(=O)NCC2CC2)CCCC1. The first-order chi connectivity index (χ1) is 9.93. The van der Waals surface area contributed by atoms with Crippen LogP contribution in [-0.4, -0.2) is 35.1 Å². The Hall–Kier alpha value is -1.10. The number of hydrogen-bond acceptors (Lipinski definition) is 3. The van der Waals surface area contributed by atoms with Crippen LogP contribution in [0, 0.1) is 11.8 Å². The molecule has 0 heterocycles. The van der Waals surface area contributed by atoms with Crippen molar-refractivity contribution in [1.82, 2.24) is 10.6 Å². The summed E-state index contributed by atoms with van der Waals surface area (Å²) in [6.45, 7) is 4.49. The van der Waals surface area contributed by atoms with Gasteiger partial charge in [0.1, 0.15) is 5.54 Å². The van der Waals surface area contributed by atoms with E-state index >= 15 is 0 Å². The molecular weight excluding hydrogens is 268 g/mol. The highest BCUT2D eigenvalue weighted by Crippen LogP contribution is 2.31. The minimum atomic E-state index is -0.747. The molecule has 0 saturated heterocycles. The van der Waals surface area contributed by atoms with Crippen molar-refractivity contribution in [3.05, 3.63) is 0 Å². The van der Waals surface area contributed by atoms with E-state index < -0.39 is 11.6 Å². The van der Waals surface area contributed by atoms with Crippen molar-refractivity contribution >= 4 is 11.8 Å². The molecule has 0 aromatic carbocycles. The number of carbonyl (C=O) groups is 2. The zero-order valence-corrected chi connectivity index (χ0v) is 13.2. The summed E-state index contributed by atoms with van der Waals surface area (Å²) in [7, 11) is 0. The van der Waals surface area contributed by atoms with Crippen molar-refractivity contribution in [3.8, 4) is 0 Å². The van der Waals surface area contributed by atoms with Gasteiger partial charge in [0, 0.05) is 6.54 Å². The standard InChI is InChI=1S/C16H28N2O3/c1-11(2)13(19)9-14(20)18-16(7-3-4-8-16)15(21)17-10-12-5-6-12/h11-13,19H,3-10H2,1-2H3,(H,17,21)(H,18,20). The van der Waals surface area contributed by atoms with Gasteiger partial charge in [0.15, 0.2) is 0 Å². The monoisotopic (exact) mass is 296 g/mol. The van der Waals surface area contributed by atoms with Crippen LogP contribution in [0.2, 0.25) is 0 Å². The molecule has 120 valence electrons. The first-order valence-corrected chi connectivity index (χ1v) is 8.20. The van der Waals surface area contributed by atoms with Crippen molar-refractivity contribution in [2.75, 3.05) is 6.54 Å². The van der Waals surface area contributed by atoms with E-state index in [1.165, 1.54) is 12.8 Å². The summed E-state index contributed by atoms with van der Waals surface area (Å²) >= 11 is 0. The number of nitrogens with one attached hydrogen (secondary N) is 2. The van der Waals surface area contributed by atoms with E-state index in [-0.39, 0.29) is 24.2 Å². The van der Waals surface area contributed by atoms with Crippen molar-refractivity contribution in [1.29, 1.82) is 0 Å². The molecule has 5 nitrogen and oxygen atoms in total. The lowest BCUT2D eigenvalue weighted by molar-refractivity contribution is -0.134. The lowest BCUT2D eigenvalue weighted by Crippen LogP contribution is -2.57. The number of hydrogen-bond donors (Lipinski definition) is 3. The van der Waals surface area contributed by atoms with Gasteiger partial charge in [0.2, 0.25) is 11.8 Å². The van der Waals surface area contributed by atoms with E-state index in [9.17, 15) is 14.7 Å². The minimum Gasteiger partial charge on any atom is -0.392 e. The normalized spacial score (nSPS) is 22.1. The summed E-state index contributed by atoms with van der Waals surface area (Å²) in [6, 6.07) is 0. The zero-order valence-electron chi connectivity index (χ0n) is 13.2. The molecule has 2 aliphatic rings. The molecule has 21 heavy (non-hydrogen) atoms. The first kappa shape index (κ1) is 16.3. The van der Waals surface area contributed by atoms with Crippen molar-refractivity contribution in [3.63, 3.8) is 0 Å². The third kappa shape index (κ3) is 4.43. The van der Waals surface area contributed by atoms with E-state index in [1.807, 2.05) is 13.8 Å². The molecule has 0 aliphatic heterocycles. The van der Waals surface area contributed by atoms with Gasteiger partial charge in [-0.1, -0.05) is 26.7 Å². The van der Waals surface area contributed by atoms with E-state index in [1.54, 1.807) is 0 Å². The van der Waals surface area contributed by atoms with Gasteiger partial charge in [-0.05, 0) is 37.5 Å². The van der Waals surface area contributed by atoms with Crippen LogP contribution in [0.25, 0.3) is 0 Å². The van der Waals surface area contributed by atoms with Gasteiger partial charge < -0.3 is 15.7 Å². The van der Waals surface area contributed by atoms with Crippen LogP contribution in [0.1, 0.15) is 58.8 Å². The third-order valence-electron chi connectivity index (χ3n) is 4.68. The predicted octanol–water partition coefficient (Wildman–Crippen LogP) is 1.35. The third-order valence-corrected chi connectivity index (χ3v) is 4.68. The van der Waals surface area contributed by atoms with Crippen LogP contribution in [0.15, 0.2) is 0 Å². The fraction of sp³-hybridized carbons (Fsp3) is 0.875. The van der Waals surface area contributed by atoms with Gasteiger partial charge in [-0.15, -0.1) is 0 Å². The lowest BCUT2D eigenvalue weighted by Gasteiger charge is -2.29. The maximum Gasteiger partial charge on any atom is 0.245 e. The quantitative estimate of drug-likeness (QED) is 0.663. The van der Waals surface area contributed by atoms with Gasteiger partial charge in [0.05, 0.1) is 12.5 Å². The second-order valence-corrected chi connectivity index (χ2v) is 7.01. The summed E-state index contributed by atoms with van der Waals surface area (Å²) < 4.78 is 0. The van der Waals surface area contributed by atoms with Crippen LogP contribution in [0.4, 0.5) is 0 Å². The number of carbonyl (C=O) groups excluding carboxylic acids is 2. The maximum atomic E-state index is 12.5. The lowest BCUT2D eigenvalue weighted by atomic mass is 9.95. The molecule has 2 rings (SSSR count). The zero-order chi connectivity index (χ0) is 15.5. The summed E-state index contributed by atoms with van der Waals surface area (Å²) in [4.78, 5) is 24.6. The Morgan fingerprint density at radius 1 is 1.24 bits per heavy atom. The first-order valence-electron chi connectivity index (χ1n) is 8.20. The number of aliphatic hydroxyl groups excluding tert-OH is 1. The highest BCUT2D eigenvalue weighted by Gasteiger charge is 2.42. The Bertz CT molecular complexity index is 385. The fourth-order valence-electron chi connectivity index (χ4n) is 2.86. The highest BCUT2D eigenvalue weighted by atomic mass is 16.3. The smallest absolute Gasteiger partial charge is 0.245 e. The molecule has 0 aromatic heterocycles. The van der Waals surface area contributed by atoms with E-state index in [0.29, 0.717) is 18.8 Å². The molecule has 0 radical (unpaired) electrons. The van der Waals surface area contributed by atoms with Crippen LogP contribution >= 0.6 is 0 Å². The molecule has 3 N–H and O–H groups in total. The van der Waals surface area contributed by atoms with E-state index in [4.69, 9.17) is 0 Å². The summed E-state index contributed by atoms with van der Waals surface area (Å²) in [5, 5.41) is 15.7. The molecule has 2 amide bonds. The van der Waals surface area contributed by atoms with Crippen LogP contribution in [0.3, 0.4) is 0 Å². The molecule has 2 fully saturated rings. The van der Waals surface area contributed by atoms with Gasteiger partial charge in [-0.25, -0.2) is 0 Å². The van der Waals surface area contributed by atoms with Gasteiger partial charge in [-0.2, -0.15) is 0 Å². The van der Waals surface area contributed by atoms with E-state index in [0.717, 1.165) is 19.4 Å². The largest absolute Gasteiger partial charge is 0.392 e. The van der Waals surface area contributed by atoms with Crippen molar-refractivity contribution in [2.45, 2.75) is 70.4 Å². The molecular formula is C16H28N2O3. The van der Waals surface area contributed by atoms with Gasteiger partial charge in [-0.3, -0.25) is 9.59 Å². The average molecular weight is 296 g/mol. The predicted molar refractivity (Wildman–Crippen MR) is 80.5 cm³/mol. The fourth-order valence-corrected chi connectivity index (χ4v) is 2.86. The Balaban J connectivity index is 1.90. The summed E-state index contributed by atoms with van der Waals surface area (Å²) in [5.74, 6) is 0.406. The number of amides is 2. The van der Waals surface area contributed by atoms with Crippen molar-refractivity contribution in [2.24, 2.45) is 11.8 Å². The number of aliphatic hydroxyl groups is 1. The Morgan fingerprint density at radius 2 is 1.86 bits per heavy atom. The topological polar surface area (TPSA) is 78.4 Å². The minimum absolute atomic E-state index is 0.0407. The second-order valence-electron chi connectivity index (χ2n) is 7.01. The molecule has 0 aromatic rings. The van der Waals surface area contributed by atoms with Crippen LogP contribution < -0.4 is 10.6 Å². The number of rotatable bonds is 7. The Morgan fingerprint density at radius 3 is 2.38 bits per heavy atom. The van der Waals surface area contributed by atoms with Crippen molar-refractivity contribution < 1.29 is 14.7 Å². The molecule has 1 unspecified atom stereocenters. The van der Waals surface area contributed by atoms with Crippen LogP contribution in [-0.2, 0) is 9.59 Å². The summed E-state index contributed by atoms with van der Waals surface area (Å²) in [6.07, 6.45) is 5.13. The maximum absolute atomic E-state index is 12.5. The Kier molecular flexibility index (Phi) is 5.25. The van der Waals surface area contributed by atoms with Gasteiger partial charge >= 0.3 is 0 Å². The molecule has 5 heteroatoms. The Labute approximate surface area is 126 Å². The van der Waals surface area contributed by atoms with E-state index in [2.05, 4.69) is 10.6 Å².